The quantitative estimate of drug-likeness (QED) is 0.551. The fourth-order valence-corrected chi connectivity index (χ4v) is 0.539. The van der Waals surface area contributed by atoms with Crippen molar-refractivity contribution in [1.29, 1.82) is 0 Å². The first-order valence-corrected chi connectivity index (χ1v) is 2.49. The van der Waals surface area contributed by atoms with Crippen LogP contribution in [0, 0.1) is 0 Å². The number of nitrogens with zero attached hydrogens (tertiary/aromatic N) is 1. The molecule has 0 amide bonds. The molecule has 0 unspecified atom stereocenters. The average Bonchev–Trinajstić information content (AvgIpc) is 1.88. The van der Waals surface area contributed by atoms with Gasteiger partial charge in [-0.3, -0.25) is 4.79 Å². The van der Waals surface area contributed by atoms with Crippen molar-refractivity contribution in [2.75, 3.05) is 5.73 Å². The Bertz CT molecular complexity index is 222. The standard InChI is InChI=1S/C6H6N2O/c7-6-3-5(4-9)1-2-8-6/h1-4H,(H2,7,8). The zero-order valence-electron chi connectivity index (χ0n) is 4.74. The minimum absolute atomic E-state index is 0.375. The summed E-state index contributed by atoms with van der Waals surface area (Å²) >= 11 is 0. The van der Waals surface area contributed by atoms with Crippen LogP contribution in [0.4, 0.5) is 5.82 Å². The van der Waals surface area contributed by atoms with Crippen LogP contribution in [0.25, 0.3) is 0 Å². The summed E-state index contributed by atoms with van der Waals surface area (Å²) in [5.41, 5.74) is 5.82. The number of rotatable bonds is 1. The van der Waals surface area contributed by atoms with Crippen molar-refractivity contribution in [3.8, 4) is 0 Å². The van der Waals surface area contributed by atoms with Crippen LogP contribution in [0.2, 0.25) is 0 Å². The number of nitrogen functional groups attached to an aromatic ring is 1. The monoisotopic (exact) mass is 122 g/mol. The number of hydrogen-bond donors (Lipinski definition) is 1. The van der Waals surface area contributed by atoms with Gasteiger partial charge in [0.2, 0.25) is 0 Å². The molecule has 0 saturated heterocycles. The second kappa shape index (κ2) is 2.26. The fraction of sp³-hybridized carbons (Fsp3) is 0. The molecule has 0 fully saturated rings. The van der Waals surface area contributed by atoms with Gasteiger partial charge in [-0.2, -0.15) is 0 Å². The maximum atomic E-state index is 10.1. The lowest BCUT2D eigenvalue weighted by Crippen LogP contribution is -1.90. The summed E-state index contributed by atoms with van der Waals surface area (Å²) in [4.78, 5) is 13.8. The highest BCUT2D eigenvalue weighted by Gasteiger charge is 1.87. The topological polar surface area (TPSA) is 56.0 Å². The van der Waals surface area contributed by atoms with Crippen LogP contribution in [0.1, 0.15) is 10.4 Å². The van der Waals surface area contributed by atoms with E-state index < -0.39 is 0 Å². The van der Waals surface area contributed by atoms with Gasteiger partial charge >= 0.3 is 0 Å². The van der Waals surface area contributed by atoms with E-state index in [2.05, 4.69) is 4.98 Å². The first kappa shape index (κ1) is 5.75. The number of aromatic nitrogens is 1. The van der Waals surface area contributed by atoms with E-state index >= 15 is 0 Å². The Kier molecular flexibility index (Phi) is 1.44. The lowest BCUT2D eigenvalue weighted by molar-refractivity contribution is 0.112. The summed E-state index contributed by atoms with van der Waals surface area (Å²) in [5.74, 6) is 0.375. The molecule has 2 N–H and O–H groups in total. The molecule has 1 heterocycles. The third kappa shape index (κ3) is 1.25. The lowest BCUT2D eigenvalue weighted by Gasteiger charge is -1.89. The van der Waals surface area contributed by atoms with Crippen molar-refractivity contribution >= 4 is 12.1 Å². The van der Waals surface area contributed by atoms with E-state index in [1.807, 2.05) is 0 Å². The first-order valence-electron chi connectivity index (χ1n) is 2.49. The molecule has 9 heavy (non-hydrogen) atoms. The van der Waals surface area contributed by atoms with Crippen molar-refractivity contribution in [3.63, 3.8) is 0 Å². The Morgan fingerprint density at radius 1 is 1.67 bits per heavy atom. The highest BCUT2D eigenvalue weighted by Crippen LogP contribution is 1.98. The second-order valence-corrected chi connectivity index (χ2v) is 1.63. The van der Waals surface area contributed by atoms with E-state index in [4.69, 9.17) is 5.73 Å². The fourth-order valence-electron chi connectivity index (χ4n) is 0.539. The van der Waals surface area contributed by atoms with Gasteiger partial charge in [-0.15, -0.1) is 0 Å². The Labute approximate surface area is 52.5 Å². The molecule has 0 spiro atoms. The third-order valence-electron chi connectivity index (χ3n) is 0.941. The molecule has 0 saturated carbocycles. The van der Waals surface area contributed by atoms with Gasteiger partial charge in [0.25, 0.3) is 0 Å². The van der Waals surface area contributed by atoms with Crippen LogP contribution < -0.4 is 5.73 Å². The largest absolute Gasteiger partial charge is 0.384 e. The van der Waals surface area contributed by atoms with Crippen LogP contribution in [0.15, 0.2) is 18.3 Å². The highest BCUT2D eigenvalue weighted by molar-refractivity contribution is 5.75. The number of carbonyl (C=O) groups excluding carboxylic acids is 1. The molecule has 46 valence electrons. The van der Waals surface area contributed by atoms with E-state index in [0.717, 1.165) is 6.29 Å². The molecule has 0 radical (unpaired) electrons. The van der Waals surface area contributed by atoms with Gasteiger partial charge in [0, 0.05) is 11.8 Å². The maximum Gasteiger partial charge on any atom is 0.150 e. The molecule has 3 nitrogen and oxygen atoms in total. The van der Waals surface area contributed by atoms with Crippen LogP contribution in [0.5, 0.6) is 0 Å². The summed E-state index contributed by atoms with van der Waals surface area (Å²) in [7, 11) is 0. The highest BCUT2D eigenvalue weighted by atomic mass is 16.1. The number of carbonyl (C=O) groups is 1. The Hall–Kier alpha value is -1.38. The minimum atomic E-state index is 0.375. The molecular weight excluding hydrogens is 116 g/mol. The van der Waals surface area contributed by atoms with E-state index in [9.17, 15) is 4.79 Å². The molecule has 0 aliphatic heterocycles. The molecule has 1 rings (SSSR count). The number of nitrogens with two attached hydrogens (primary N) is 1. The molecule has 0 bridgehead atoms. The van der Waals surface area contributed by atoms with Gasteiger partial charge in [-0.05, 0) is 12.1 Å². The Morgan fingerprint density at radius 3 is 2.89 bits per heavy atom. The van der Waals surface area contributed by atoms with Gasteiger partial charge in [-0.25, -0.2) is 4.98 Å². The van der Waals surface area contributed by atoms with E-state index in [1.165, 1.54) is 12.3 Å². The van der Waals surface area contributed by atoms with Crippen molar-refractivity contribution in [3.05, 3.63) is 23.9 Å². The normalized spacial score (nSPS) is 8.89. The molecule has 1 aromatic rings. The molecule has 0 aromatic carbocycles. The van der Waals surface area contributed by atoms with Crippen molar-refractivity contribution < 1.29 is 4.79 Å². The number of aldehydes is 1. The van der Waals surface area contributed by atoms with E-state index in [1.54, 1.807) is 6.07 Å². The van der Waals surface area contributed by atoms with E-state index in [-0.39, 0.29) is 0 Å². The summed E-state index contributed by atoms with van der Waals surface area (Å²) in [6, 6.07) is 3.12. The smallest absolute Gasteiger partial charge is 0.150 e. The van der Waals surface area contributed by atoms with Crippen molar-refractivity contribution in [2.24, 2.45) is 0 Å². The Morgan fingerprint density at radius 2 is 2.44 bits per heavy atom. The van der Waals surface area contributed by atoms with Crippen molar-refractivity contribution in [1.82, 2.24) is 4.98 Å². The predicted octanol–water partition coefficient (Wildman–Crippen LogP) is 0.476. The van der Waals surface area contributed by atoms with Crippen LogP contribution in [-0.2, 0) is 0 Å². The van der Waals surface area contributed by atoms with Gasteiger partial charge < -0.3 is 5.73 Å². The lowest BCUT2D eigenvalue weighted by atomic mass is 10.3. The number of hydrogen-bond acceptors (Lipinski definition) is 3. The molecule has 3 heteroatoms. The van der Waals surface area contributed by atoms with Crippen molar-refractivity contribution in [2.45, 2.75) is 0 Å². The maximum absolute atomic E-state index is 10.1. The van der Waals surface area contributed by atoms with Crippen LogP contribution in [0.3, 0.4) is 0 Å². The van der Waals surface area contributed by atoms with Crippen LogP contribution in [-0.4, -0.2) is 11.3 Å². The van der Waals surface area contributed by atoms with Gasteiger partial charge in [0.15, 0.2) is 0 Å². The zero-order valence-corrected chi connectivity index (χ0v) is 4.74. The summed E-state index contributed by atoms with van der Waals surface area (Å²) in [5, 5.41) is 0. The summed E-state index contributed by atoms with van der Waals surface area (Å²) in [6.45, 7) is 0. The molecule has 1 aromatic heterocycles. The summed E-state index contributed by atoms with van der Waals surface area (Å²) < 4.78 is 0. The minimum Gasteiger partial charge on any atom is -0.384 e. The Balaban J connectivity index is 3.07. The van der Waals surface area contributed by atoms with Gasteiger partial charge in [0.1, 0.15) is 12.1 Å². The average molecular weight is 122 g/mol. The van der Waals surface area contributed by atoms with Crippen LogP contribution >= 0.6 is 0 Å². The predicted molar refractivity (Wildman–Crippen MR) is 34.0 cm³/mol. The summed E-state index contributed by atoms with van der Waals surface area (Å²) in [6.07, 6.45) is 2.23. The molecule has 0 aliphatic rings. The molecule has 0 atom stereocenters. The third-order valence-corrected chi connectivity index (χ3v) is 0.941. The van der Waals surface area contributed by atoms with E-state index in [0.29, 0.717) is 11.4 Å². The number of anilines is 1. The first-order chi connectivity index (χ1) is 4.33. The molecule has 0 aliphatic carbocycles. The number of pyridine rings is 1. The second-order valence-electron chi connectivity index (χ2n) is 1.63. The molecular formula is C6H6N2O. The zero-order chi connectivity index (χ0) is 6.69. The van der Waals surface area contributed by atoms with Gasteiger partial charge in [0.05, 0.1) is 0 Å². The SMILES string of the molecule is Nc1cc(C=O)ccn1. The van der Waals surface area contributed by atoms with Gasteiger partial charge in [-0.1, -0.05) is 0 Å².